The van der Waals surface area contributed by atoms with Crippen LogP contribution in [0, 0.1) is 0 Å². The zero-order valence-corrected chi connectivity index (χ0v) is 13.5. The van der Waals surface area contributed by atoms with Crippen LogP contribution in [-0.4, -0.2) is 16.1 Å². The molecule has 21 heavy (non-hydrogen) atoms. The number of hydrogen-bond acceptors (Lipinski definition) is 5. The molecule has 1 aromatic carbocycles. The molecule has 2 aromatic heterocycles. The number of benzene rings is 1. The van der Waals surface area contributed by atoms with Crippen molar-refractivity contribution in [2.24, 2.45) is 0 Å². The van der Waals surface area contributed by atoms with Crippen LogP contribution in [0.5, 0.6) is 0 Å². The Morgan fingerprint density at radius 2 is 2.14 bits per heavy atom. The van der Waals surface area contributed by atoms with Gasteiger partial charge in [-0.3, -0.25) is 10.1 Å². The average molecular weight is 385 g/mol. The number of amides is 1. The molecule has 0 unspecified atom stereocenters. The first kappa shape index (κ1) is 14.2. The van der Waals surface area contributed by atoms with E-state index in [9.17, 15) is 4.79 Å². The first-order valence-corrected chi connectivity index (χ1v) is 7.77. The number of carbonyl (C=O) groups excluding carboxylic acids is 1. The Balaban J connectivity index is 1.77. The molecule has 3 rings (SSSR count). The van der Waals surface area contributed by atoms with Gasteiger partial charge in [0.2, 0.25) is 0 Å². The fourth-order valence-electron chi connectivity index (χ4n) is 1.60. The zero-order valence-electron chi connectivity index (χ0n) is 10.3. The van der Waals surface area contributed by atoms with Crippen molar-refractivity contribution in [2.45, 2.75) is 0 Å². The van der Waals surface area contributed by atoms with E-state index < -0.39 is 0 Å². The van der Waals surface area contributed by atoms with Gasteiger partial charge < -0.3 is 4.42 Å². The molecule has 0 saturated heterocycles. The molecule has 0 bridgehead atoms. The number of thiophene rings is 1. The Bertz CT molecular complexity index is 802. The topological polar surface area (TPSA) is 68.0 Å². The first-order valence-electron chi connectivity index (χ1n) is 5.78. The van der Waals surface area contributed by atoms with E-state index in [4.69, 9.17) is 16.0 Å². The number of nitrogens with zero attached hydrogens (tertiary/aromatic N) is 2. The summed E-state index contributed by atoms with van der Waals surface area (Å²) in [6, 6.07) is 10.4. The minimum atomic E-state index is -0.361. The number of hydrogen-bond donors (Lipinski definition) is 1. The van der Waals surface area contributed by atoms with Crippen LogP contribution in [0.1, 0.15) is 10.4 Å². The number of rotatable bonds is 3. The number of nitrogens with one attached hydrogen (secondary N) is 1. The van der Waals surface area contributed by atoms with Crippen LogP contribution in [0.3, 0.4) is 0 Å². The lowest BCUT2D eigenvalue weighted by Gasteiger charge is -2.00. The number of anilines is 1. The van der Waals surface area contributed by atoms with Gasteiger partial charge in [-0.1, -0.05) is 22.8 Å². The van der Waals surface area contributed by atoms with Gasteiger partial charge in [-0.25, -0.2) is 0 Å². The van der Waals surface area contributed by atoms with Gasteiger partial charge in [-0.2, -0.15) is 0 Å². The molecule has 0 atom stereocenters. The summed E-state index contributed by atoms with van der Waals surface area (Å²) in [6.45, 7) is 0. The second kappa shape index (κ2) is 5.97. The van der Waals surface area contributed by atoms with Crippen LogP contribution >= 0.6 is 38.9 Å². The lowest BCUT2D eigenvalue weighted by Crippen LogP contribution is -2.11. The Labute approximate surface area is 137 Å². The van der Waals surface area contributed by atoms with Gasteiger partial charge in [0, 0.05) is 10.6 Å². The molecule has 8 heteroatoms. The Morgan fingerprint density at radius 3 is 2.86 bits per heavy atom. The fraction of sp³-hybridized carbons (Fsp3) is 0. The molecular weight excluding hydrogens is 378 g/mol. The predicted octanol–water partition coefficient (Wildman–Crippen LogP) is 4.47. The quantitative estimate of drug-likeness (QED) is 0.723. The highest BCUT2D eigenvalue weighted by Gasteiger charge is 2.14. The van der Waals surface area contributed by atoms with E-state index in [0.717, 1.165) is 8.66 Å². The lowest BCUT2D eigenvalue weighted by atomic mass is 10.2. The molecule has 0 radical (unpaired) electrons. The fourth-order valence-corrected chi connectivity index (χ4v) is 3.10. The highest BCUT2D eigenvalue weighted by atomic mass is 79.9. The van der Waals surface area contributed by atoms with Crippen LogP contribution in [0.2, 0.25) is 5.02 Å². The molecule has 106 valence electrons. The third-order valence-corrected chi connectivity index (χ3v) is 4.36. The van der Waals surface area contributed by atoms with Gasteiger partial charge in [0.25, 0.3) is 11.8 Å². The van der Waals surface area contributed by atoms with Crippen molar-refractivity contribution in [3.05, 3.63) is 50.8 Å². The maximum absolute atomic E-state index is 12.0. The summed E-state index contributed by atoms with van der Waals surface area (Å²) in [6.07, 6.45) is 0. The molecule has 1 amide bonds. The SMILES string of the molecule is O=C(Nc1nnc(-c2ccc(Br)s2)o1)c1cccc(Cl)c1. The summed E-state index contributed by atoms with van der Waals surface area (Å²) >= 11 is 10.7. The normalized spacial score (nSPS) is 10.6. The minimum Gasteiger partial charge on any atom is -0.402 e. The van der Waals surface area contributed by atoms with Gasteiger partial charge in [0.1, 0.15) is 0 Å². The first-order chi connectivity index (χ1) is 10.1. The molecule has 0 aliphatic rings. The second-order valence-electron chi connectivity index (χ2n) is 3.98. The molecule has 3 aromatic rings. The Morgan fingerprint density at radius 1 is 1.29 bits per heavy atom. The van der Waals surface area contributed by atoms with Crippen molar-refractivity contribution in [3.8, 4) is 10.8 Å². The van der Waals surface area contributed by atoms with Gasteiger partial charge in [-0.15, -0.1) is 16.4 Å². The summed E-state index contributed by atoms with van der Waals surface area (Å²) in [5.41, 5.74) is 0.418. The van der Waals surface area contributed by atoms with E-state index >= 15 is 0 Å². The second-order valence-corrected chi connectivity index (χ2v) is 6.88. The largest absolute Gasteiger partial charge is 0.402 e. The average Bonchev–Trinajstić information content (AvgIpc) is 3.07. The minimum absolute atomic E-state index is 0.0412. The van der Waals surface area contributed by atoms with Crippen LogP contribution in [0.15, 0.2) is 44.6 Å². The van der Waals surface area contributed by atoms with Crippen LogP contribution in [0.25, 0.3) is 10.8 Å². The summed E-state index contributed by atoms with van der Waals surface area (Å²) in [4.78, 5) is 12.8. The highest BCUT2D eigenvalue weighted by molar-refractivity contribution is 9.11. The van der Waals surface area contributed by atoms with Crippen LogP contribution in [0.4, 0.5) is 6.01 Å². The van der Waals surface area contributed by atoms with E-state index in [1.165, 1.54) is 11.3 Å². The third kappa shape index (κ3) is 3.31. The summed E-state index contributed by atoms with van der Waals surface area (Å²) in [7, 11) is 0. The van der Waals surface area contributed by atoms with Crippen LogP contribution in [-0.2, 0) is 0 Å². The van der Waals surface area contributed by atoms with Crippen molar-refractivity contribution < 1.29 is 9.21 Å². The summed E-state index contributed by atoms with van der Waals surface area (Å²) in [5, 5.41) is 10.7. The van der Waals surface area contributed by atoms with Crippen molar-refractivity contribution in [1.29, 1.82) is 0 Å². The maximum atomic E-state index is 12.0. The maximum Gasteiger partial charge on any atom is 0.322 e. The van der Waals surface area contributed by atoms with Crippen molar-refractivity contribution in [3.63, 3.8) is 0 Å². The molecule has 0 fully saturated rings. The number of carbonyl (C=O) groups is 1. The Hall–Kier alpha value is -1.70. The van der Waals surface area contributed by atoms with E-state index in [0.29, 0.717) is 16.5 Å². The van der Waals surface area contributed by atoms with Crippen molar-refractivity contribution in [2.75, 3.05) is 5.32 Å². The van der Waals surface area contributed by atoms with Gasteiger partial charge >= 0.3 is 6.01 Å². The third-order valence-electron chi connectivity index (χ3n) is 2.52. The molecule has 5 nitrogen and oxygen atoms in total. The summed E-state index contributed by atoms with van der Waals surface area (Å²) < 4.78 is 6.37. The van der Waals surface area contributed by atoms with E-state index in [1.807, 2.05) is 12.1 Å². The van der Waals surface area contributed by atoms with E-state index in [1.54, 1.807) is 24.3 Å². The molecule has 0 aliphatic heterocycles. The highest BCUT2D eigenvalue weighted by Crippen LogP contribution is 2.31. The van der Waals surface area contributed by atoms with E-state index in [2.05, 4.69) is 31.4 Å². The molecular formula is C13H7BrClN3O2S. The van der Waals surface area contributed by atoms with Crippen molar-refractivity contribution in [1.82, 2.24) is 10.2 Å². The molecule has 2 heterocycles. The number of aromatic nitrogens is 2. The Kier molecular flexibility index (Phi) is 4.05. The molecule has 0 aliphatic carbocycles. The lowest BCUT2D eigenvalue weighted by molar-refractivity contribution is 0.102. The molecule has 0 saturated carbocycles. The molecule has 0 spiro atoms. The smallest absolute Gasteiger partial charge is 0.322 e. The van der Waals surface area contributed by atoms with Crippen molar-refractivity contribution >= 4 is 50.8 Å². The van der Waals surface area contributed by atoms with Crippen LogP contribution < -0.4 is 5.32 Å². The van der Waals surface area contributed by atoms with Gasteiger partial charge in [-0.05, 0) is 46.3 Å². The molecule has 1 N–H and O–H groups in total. The predicted molar refractivity (Wildman–Crippen MR) is 84.7 cm³/mol. The van der Waals surface area contributed by atoms with Gasteiger partial charge in [0.05, 0.1) is 8.66 Å². The summed E-state index contributed by atoms with van der Waals surface area (Å²) in [5.74, 6) is -0.00726. The zero-order chi connectivity index (χ0) is 14.8. The van der Waals surface area contributed by atoms with Gasteiger partial charge in [0.15, 0.2) is 0 Å². The standard InChI is InChI=1S/C13H7BrClN3O2S/c14-10-5-4-9(21-10)12-17-18-13(20-12)16-11(19)7-2-1-3-8(15)6-7/h1-6H,(H,16,18,19). The van der Waals surface area contributed by atoms with E-state index in [-0.39, 0.29) is 11.9 Å². The monoisotopic (exact) mass is 383 g/mol. The number of halogens is 2.